The number of hydrogen-bond acceptors (Lipinski definition) is 4. The molecule has 3 aliphatic rings. The predicted molar refractivity (Wildman–Crippen MR) is 109 cm³/mol. The quantitative estimate of drug-likeness (QED) is 0.739. The van der Waals surface area contributed by atoms with Crippen LogP contribution in [0.15, 0.2) is 30.5 Å². The highest BCUT2D eigenvalue weighted by molar-refractivity contribution is 5.91. The Balaban J connectivity index is 1.23. The summed E-state index contributed by atoms with van der Waals surface area (Å²) in [6.07, 6.45) is 14.4. The van der Waals surface area contributed by atoms with Gasteiger partial charge in [-0.3, -0.25) is 10.00 Å². The van der Waals surface area contributed by atoms with E-state index in [1.54, 1.807) is 0 Å². The maximum atomic E-state index is 4.53. The van der Waals surface area contributed by atoms with Gasteiger partial charge in [0.2, 0.25) is 0 Å². The molecule has 1 aliphatic carbocycles. The Morgan fingerprint density at radius 3 is 2.46 bits per heavy atom. The third kappa shape index (κ3) is 2.69. The fraction of sp³-hybridized carbons (Fsp3) is 0.591. The number of H-pyrrole nitrogens is 1. The topological polar surface area (TPSA) is 62.6 Å². The van der Waals surface area contributed by atoms with E-state index in [2.05, 4.69) is 48.4 Å². The molecule has 28 heavy (non-hydrogen) atoms. The first-order chi connectivity index (χ1) is 13.9. The average molecular weight is 377 g/mol. The fourth-order valence-corrected chi connectivity index (χ4v) is 6.10. The van der Waals surface area contributed by atoms with Crippen LogP contribution in [0.5, 0.6) is 0 Å². The normalized spacial score (nSPS) is 28.9. The smallest absolute Gasteiger partial charge is 0.133 e. The first kappa shape index (κ1) is 16.7. The molecule has 1 saturated carbocycles. The van der Waals surface area contributed by atoms with E-state index < -0.39 is 0 Å². The van der Waals surface area contributed by atoms with Crippen LogP contribution in [0.1, 0.15) is 63.8 Å². The lowest BCUT2D eigenvalue weighted by atomic mass is 9.89. The van der Waals surface area contributed by atoms with Gasteiger partial charge in [-0.05, 0) is 44.6 Å². The van der Waals surface area contributed by atoms with E-state index in [-0.39, 0.29) is 0 Å². The summed E-state index contributed by atoms with van der Waals surface area (Å²) < 4.78 is 2.13. The van der Waals surface area contributed by atoms with Crippen molar-refractivity contribution in [1.29, 1.82) is 0 Å². The van der Waals surface area contributed by atoms with Gasteiger partial charge >= 0.3 is 0 Å². The van der Waals surface area contributed by atoms with Crippen molar-refractivity contribution in [2.75, 3.05) is 0 Å². The minimum Gasteiger partial charge on any atom is -0.294 e. The lowest BCUT2D eigenvalue weighted by Crippen LogP contribution is -2.49. The van der Waals surface area contributed by atoms with Gasteiger partial charge in [0.05, 0.1) is 17.8 Å². The van der Waals surface area contributed by atoms with Crippen molar-refractivity contribution >= 4 is 10.9 Å². The van der Waals surface area contributed by atoms with E-state index >= 15 is 0 Å². The van der Waals surface area contributed by atoms with Crippen LogP contribution in [0.2, 0.25) is 0 Å². The second-order valence-corrected chi connectivity index (χ2v) is 8.95. The van der Waals surface area contributed by atoms with E-state index in [0.29, 0.717) is 6.04 Å². The van der Waals surface area contributed by atoms with E-state index in [1.165, 1.54) is 57.8 Å². The number of hydrogen-bond donors (Lipinski definition) is 1. The SMILES string of the molecule is c1ccc2c(-c3cn(C4C[C@H]5CC[C@H](C4)N5C4CCCCC4)nn3)n[nH]c2c1. The number of para-hydroxylation sites is 1. The maximum absolute atomic E-state index is 4.53. The van der Waals surface area contributed by atoms with E-state index in [4.69, 9.17) is 0 Å². The molecule has 6 rings (SSSR count). The van der Waals surface area contributed by atoms with Gasteiger partial charge in [-0.2, -0.15) is 5.10 Å². The van der Waals surface area contributed by atoms with E-state index in [9.17, 15) is 0 Å². The summed E-state index contributed by atoms with van der Waals surface area (Å²) in [7, 11) is 0. The van der Waals surface area contributed by atoms with Crippen LogP contribution >= 0.6 is 0 Å². The highest BCUT2D eigenvalue weighted by Gasteiger charge is 2.44. The third-order valence-corrected chi connectivity index (χ3v) is 7.36. The zero-order valence-corrected chi connectivity index (χ0v) is 16.3. The molecule has 2 aromatic heterocycles. The number of piperidine rings is 1. The van der Waals surface area contributed by atoms with Crippen molar-refractivity contribution in [2.24, 2.45) is 0 Å². The van der Waals surface area contributed by atoms with Crippen molar-refractivity contribution in [3.05, 3.63) is 30.5 Å². The van der Waals surface area contributed by atoms with Crippen LogP contribution in [0.3, 0.4) is 0 Å². The first-order valence-electron chi connectivity index (χ1n) is 11.0. The minimum atomic E-state index is 0.476. The molecule has 2 aliphatic heterocycles. The fourth-order valence-electron chi connectivity index (χ4n) is 6.10. The summed E-state index contributed by atoms with van der Waals surface area (Å²) in [6, 6.07) is 11.0. The molecule has 6 nitrogen and oxygen atoms in total. The Bertz CT molecular complexity index is 954. The van der Waals surface area contributed by atoms with Crippen LogP contribution in [-0.2, 0) is 0 Å². The first-order valence-corrected chi connectivity index (χ1v) is 11.0. The molecule has 0 amide bonds. The minimum absolute atomic E-state index is 0.476. The molecule has 2 saturated heterocycles. The number of aromatic amines is 1. The van der Waals surface area contributed by atoms with Crippen LogP contribution < -0.4 is 0 Å². The summed E-state index contributed by atoms with van der Waals surface area (Å²) in [6.45, 7) is 0. The van der Waals surface area contributed by atoms with Crippen molar-refractivity contribution in [3.63, 3.8) is 0 Å². The van der Waals surface area contributed by atoms with Gasteiger partial charge in [-0.1, -0.05) is 42.7 Å². The molecule has 2 bridgehead atoms. The summed E-state index contributed by atoms with van der Waals surface area (Å²) >= 11 is 0. The van der Waals surface area contributed by atoms with Gasteiger partial charge in [-0.25, -0.2) is 4.68 Å². The van der Waals surface area contributed by atoms with Gasteiger partial charge in [-0.15, -0.1) is 5.10 Å². The van der Waals surface area contributed by atoms with E-state index in [1.807, 2.05) is 12.1 Å². The molecule has 0 unspecified atom stereocenters. The zero-order chi connectivity index (χ0) is 18.5. The molecule has 0 radical (unpaired) electrons. The Morgan fingerprint density at radius 2 is 1.64 bits per heavy atom. The highest BCUT2D eigenvalue weighted by atomic mass is 15.4. The molecule has 1 aromatic carbocycles. The third-order valence-electron chi connectivity index (χ3n) is 7.36. The van der Waals surface area contributed by atoms with Crippen molar-refractivity contribution in [1.82, 2.24) is 30.1 Å². The lowest BCUT2D eigenvalue weighted by molar-refractivity contribution is 0.0419. The van der Waals surface area contributed by atoms with Gasteiger partial charge in [0, 0.05) is 23.5 Å². The summed E-state index contributed by atoms with van der Waals surface area (Å²) in [5.41, 5.74) is 2.83. The molecule has 3 fully saturated rings. The Morgan fingerprint density at radius 1 is 0.857 bits per heavy atom. The standard InChI is InChI=1S/C22H28N6/c1-2-6-15(7-3-1)28-16-10-11-17(28)13-18(12-16)27-14-21(24-26-27)22-19-8-4-5-9-20(19)23-25-22/h4-5,8-9,14-18H,1-3,6-7,10-13H2,(H,23,25)/t16-,17-/m1/s1. The molecule has 2 atom stereocenters. The number of benzene rings is 1. The van der Waals surface area contributed by atoms with Crippen LogP contribution in [-0.4, -0.2) is 48.2 Å². The average Bonchev–Trinajstić information content (AvgIpc) is 3.44. The molecule has 1 N–H and O–H groups in total. The molecule has 146 valence electrons. The second-order valence-electron chi connectivity index (χ2n) is 8.95. The monoisotopic (exact) mass is 376 g/mol. The van der Waals surface area contributed by atoms with Gasteiger partial charge in [0.15, 0.2) is 0 Å². The van der Waals surface area contributed by atoms with Crippen molar-refractivity contribution in [3.8, 4) is 11.4 Å². The van der Waals surface area contributed by atoms with Crippen molar-refractivity contribution in [2.45, 2.75) is 82.0 Å². The summed E-state index contributed by atoms with van der Waals surface area (Å²) in [4.78, 5) is 2.91. The molecule has 0 spiro atoms. The lowest BCUT2D eigenvalue weighted by Gasteiger charge is -2.44. The number of rotatable bonds is 3. The zero-order valence-electron chi connectivity index (χ0n) is 16.3. The highest BCUT2D eigenvalue weighted by Crippen LogP contribution is 2.44. The Kier molecular flexibility index (Phi) is 4.00. The van der Waals surface area contributed by atoms with Crippen molar-refractivity contribution < 1.29 is 0 Å². The van der Waals surface area contributed by atoms with Gasteiger partial charge in [0.1, 0.15) is 11.4 Å². The number of nitrogens with zero attached hydrogens (tertiary/aromatic N) is 5. The Hall–Kier alpha value is -2.21. The van der Waals surface area contributed by atoms with Crippen LogP contribution in [0, 0.1) is 0 Å². The van der Waals surface area contributed by atoms with E-state index in [0.717, 1.165) is 40.4 Å². The van der Waals surface area contributed by atoms with Crippen LogP contribution in [0.25, 0.3) is 22.3 Å². The summed E-state index contributed by atoms with van der Waals surface area (Å²) in [5.74, 6) is 0. The van der Waals surface area contributed by atoms with Gasteiger partial charge < -0.3 is 0 Å². The van der Waals surface area contributed by atoms with Gasteiger partial charge in [0.25, 0.3) is 0 Å². The molecular formula is C22H28N6. The maximum Gasteiger partial charge on any atom is 0.133 e. The molecule has 4 heterocycles. The largest absolute Gasteiger partial charge is 0.294 e. The second kappa shape index (κ2) is 6.69. The molecule has 6 heteroatoms. The molecular weight excluding hydrogens is 348 g/mol. The number of fused-ring (bicyclic) bond motifs is 3. The predicted octanol–water partition coefficient (Wildman–Crippen LogP) is 4.32. The Labute approximate surface area is 165 Å². The summed E-state index contributed by atoms with van der Waals surface area (Å²) in [5, 5.41) is 17.7. The number of nitrogens with one attached hydrogen (secondary N) is 1. The number of aromatic nitrogens is 5. The van der Waals surface area contributed by atoms with Crippen LogP contribution in [0.4, 0.5) is 0 Å². The molecule has 3 aromatic rings.